The maximum absolute atomic E-state index is 13.8. The van der Waals surface area contributed by atoms with E-state index < -0.39 is 5.82 Å². The van der Waals surface area contributed by atoms with Crippen LogP contribution in [-0.4, -0.2) is 17.4 Å². The van der Waals surface area contributed by atoms with Gasteiger partial charge in [-0.15, -0.1) is 0 Å². The molecule has 0 aliphatic heterocycles. The molecule has 1 N–H and O–H groups in total. The Hall–Kier alpha value is -2.57. The van der Waals surface area contributed by atoms with Crippen LogP contribution in [0.5, 0.6) is 0 Å². The van der Waals surface area contributed by atoms with Gasteiger partial charge in [0, 0.05) is 18.0 Å². The molecule has 1 amide bonds. The monoisotopic (exact) mass is 376 g/mol. The molecule has 7 heteroatoms. The van der Waals surface area contributed by atoms with Crippen molar-refractivity contribution in [3.05, 3.63) is 77.4 Å². The second kappa shape index (κ2) is 8.69. The molecular weight excluding hydrogens is 359 g/mol. The molecule has 26 heavy (non-hydrogen) atoms. The summed E-state index contributed by atoms with van der Waals surface area (Å²) in [4.78, 5) is 14.2. The summed E-state index contributed by atoms with van der Waals surface area (Å²) in [7, 11) is 0. The van der Waals surface area contributed by atoms with Crippen LogP contribution in [0.25, 0.3) is 0 Å². The van der Waals surface area contributed by atoms with Crippen LogP contribution in [0.4, 0.5) is 10.1 Å². The molecule has 0 spiro atoms. The van der Waals surface area contributed by atoms with Crippen LogP contribution < -0.4 is 5.32 Å². The minimum atomic E-state index is -0.561. The normalized spacial score (nSPS) is 11.0. The Balaban J connectivity index is 1.58. The Labute approximate surface area is 155 Å². The second-order valence-electron chi connectivity index (χ2n) is 5.79. The molecule has 0 saturated carbocycles. The van der Waals surface area contributed by atoms with Gasteiger partial charge in [0.25, 0.3) is 0 Å². The molecule has 3 aromatic rings. The molecule has 0 radical (unpaired) electrons. The molecule has 0 unspecified atom stereocenters. The summed E-state index contributed by atoms with van der Waals surface area (Å²) < 4.78 is 24.5. The van der Waals surface area contributed by atoms with Gasteiger partial charge >= 0.3 is 0 Å². The summed E-state index contributed by atoms with van der Waals surface area (Å²) in [5, 5.41) is 2.85. The fourth-order valence-electron chi connectivity index (χ4n) is 2.52. The van der Waals surface area contributed by atoms with Gasteiger partial charge < -0.3 is 14.2 Å². The highest BCUT2D eigenvalue weighted by Crippen LogP contribution is 2.19. The predicted molar refractivity (Wildman–Crippen MR) is 96.2 cm³/mol. The molecule has 2 aromatic heterocycles. The molecule has 0 saturated heterocycles. The zero-order valence-corrected chi connectivity index (χ0v) is 14.7. The fraction of sp³-hybridized carbons (Fsp3) is 0.211. The largest absolute Gasteiger partial charge is 0.468 e. The Bertz CT molecular complexity index is 798. The second-order valence-corrected chi connectivity index (χ2v) is 6.23. The van der Waals surface area contributed by atoms with E-state index in [4.69, 9.17) is 20.4 Å². The quantitative estimate of drug-likeness (QED) is 0.619. The number of hydrogen-bond donors (Lipinski definition) is 1. The first kappa shape index (κ1) is 18.2. The van der Waals surface area contributed by atoms with Crippen molar-refractivity contribution in [2.45, 2.75) is 19.5 Å². The van der Waals surface area contributed by atoms with Gasteiger partial charge in [-0.25, -0.2) is 4.39 Å². The summed E-state index contributed by atoms with van der Waals surface area (Å²) in [6.07, 6.45) is 3.41. The van der Waals surface area contributed by atoms with E-state index in [0.717, 1.165) is 17.6 Å². The minimum absolute atomic E-state index is 0.114. The standard InChI is InChI=1S/C19H18ClFN2O3/c20-14-5-6-18(17(21)11-14)22-19(24)7-8-23(12-15-3-1-9-25-15)13-16-4-2-10-26-16/h1-6,9-11H,7-8,12-13H2,(H,22,24). The lowest BCUT2D eigenvalue weighted by Gasteiger charge is -2.19. The molecule has 5 nitrogen and oxygen atoms in total. The van der Waals surface area contributed by atoms with Crippen LogP contribution in [0.2, 0.25) is 5.02 Å². The van der Waals surface area contributed by atoms with E-state index in [1.54, 1.807) is 12.5 Å². The number of carbonyl (C=O) groups excluding carboxylic acids is 1. The van der Waals surface area contributed by atoms with E-state index >= 15 is 0 Å². The molecule has 1 aromatic carbocycles. The summed E-state index contributed by atoms with van der Waals surface area (Å²) in [6.45, 7) is 1.54. The van der Waals surface area contributed by atoms with Crippen LogP contribution >= 0.6 is 11.6 Å². The molecule has 0 atom stereocenters. The van der Waals surface area contributed by atoms with Crippen LogP contribution in [0, 0.1) is 5.82 Å². The van der Waals surface area contributed by atoms with Crippen molar-refractivity contribution < 1.29 is 18.0 Å². The number of furan rings is 2. The molecule has 0 bridgehead atoms. The van der Waals surface area contributed by atoms with Gasteiger partial charge in [-0.1, -0.05) is 11.6 Å². The smallest absolute Gasteiger partial charge is 0.225 e. The zero-order chi connectivity index (χ0) is 18.4. The van der Waals surface area contributed by atoms with Gasteiger partial charge in [0.05, 0.1) is 31.3 Å². The molecule has 0 aliphatic rings. The van der Waals surface area contributed by atoms with Gasteiger partial charge in [0.2, 0.25) is 5.91 Å². The molecule has 0 aliphatic carbocycles. The Morgan fingerprint density at radius 3 is 2.27 bits per heavy atom. The summed E-state index contributed by atoms with van der Waals surface area (Å²) in [5.41, 5.74) is 0.114. The van der Waals surface area contributed by atoms with E-state index in [9.17, 15) is 9.18 Å². The van der Waals surface area contributed by atoms with E-state index in [1.807, 2.05) is 29.2 Å². The highest BCUT2D eigenvalue weighted by Gasteiger charge is 2.14. The number of nitrogens with one attached hydrogen (secondary N) is 1. The van der Waals surface area contributed by atoms with Crippen LogP contribution in [0.1, 0.15) is 17.9 Å². The summed E-state index contributed by atoms with van der Waals surface area (Å²) in [6, 6.07) is 11.5. The van der Waals surface area contributed by atoms with E-state index in [1.165, 1.54) is 12.1 Å². The number of rotatable bonds is 8. The van der Waals surface area contributed by atoms with Crippen molar-refractivity contribution >= 4 is 23.2 Å². The maximum Gasteiger partial charge on any atom is 0.225 e. The van der Waals surface area contributed by atoms with Gasteiger partial charge in [0.1, 0.15) is 17.3 Å². The number of amides is 1. The Morgan fingerprint density at radius 2 is 1.73 bits per heavy atom. The van der Waals surface area contributed by atoms with E-state index in [-0.39, 0.29) is 23.0 Å². The minimum Gasteiger partial charge on any atom is -0.468 e. The number of halogens is 2. The lowest BCUT2D eigenvalue weighted by atomic mass is 10.2. The van der Waals surface area contributed by atoms with Crippen molar-refractivity contribution in [1.82, 2.24) is 4.90 Å². The first-order valence-corrected chi connectivity index (χ1v) is 8.50. The van der Waals surface area contributed by atoms with Crippen LogP contribution in [0.3, 0.4) is 0 Å². The van der Waals surface area contributed by atoms with Crippen molar-refractivity contribution in [2.24, 2.45) is 0 Å². The number of anilines is 1. The van der Waals surface area contributed by atoms with Crippen molar-refractivity contribution in [3.63, 3.8) is 0 Å². The maximum atomic E-state index is 13.8. The van der Waals surface area contributed by atoms with Crippen LogP contribution in [-0.2, 0) is 17.9 Å². The van der Waals surface area contributed by atoms with Crippen LogP contribution in [0.15, 0.2) is 63.8 Å². The van der Waals surface area contributed by atoms with Gasteiger partial charge in [-0.3, -0.25) is 9.69 Å². The fourth-order valence-corrected chi connectivity index (χ4v) is 2.68. The molecule has 0 fully saturated rings. The predicted octanol–water partition coefficient (Wildman–Crippen LogP) is 4.70. The summed E-state index contributed by atoms with van der Waals surface area (Å²) in [5.74, 6) is 0.741. The third kappa shape index (κ3) is 5.21. The van der Waals surface area contributed by atoms with Crippen molar-refractivity contribution in [2.75, 3.05) is 11.9 Å². The van der Waals surface area contributed by atoms with Gasteiger partial charge in [-0.2, -0.15) is 0 Å². The third-order valence-corrected chi connectivity index (χ3v) is 4.01. The topological polar surface area (TPSA) is 58.6 Å². The lowest BCUT2D eigenvalue weighted by Crippen LogP contribution is -2.27. The number of hydrogen-bond acceptors (Lipinski definition) is 4. The highest BCUT2D eigenvalue weighted by atomic mass is 35.5. The van der Waals surface area contributed by atoms with E-state index in [0.29, 0.717) is 19.6 Å². The first-order valence-electron chi connectivity index (χ1n) is 8.12. The zero-order valence-electron chi connectivity index (χ0n) is 14.0. The first-order chi connectivity index (χ1) is 12.6. The molecule has 3 rings (SSSR count). The lowest BCUT2D eigenvalue weighted by molar-refractivity contribution is -0.116. The number of nitrogens with zero attached hydrogens (tertiary/aromatic N) is 1. The molecule has 2 heterocycles. The Morgan fingerprint density at radius 1 is 1.08 bits per heavy atom. The molecular formula is C19H18ClFN2O3. The Kier molecular flexibility index (Phi) is 6.09. The average Bonchev–Trinajstić information content (AvgIpc) is 3.29. The van der Waals surface area contributed by atoms with Gasteiger partial charge in [-0.05, 0) is 42.5 Å². The highest BCUT2D eigenvalue weighted by molar-refractivity contribution is 6.30. The van der Waals surface area contributed by atoms with Crippen molar-refractivity contribution in [1.29, 1.82) is 0 Å². The molecule has 136 valence electrons. The van der Waals surface area contributed by atoms with E-state index in [2.05, 4.69) is 5.32 Å². The average molecular weight is 377 g/mol. The SMILES string of the molecule is O=C(CCN(Cc1ccco1)Cc1ccco1)Nc1ccc(Cl)cc1F. The van der Waals surface area contributed by atoms with Gasteiger partial charge in [0.15, 0.2) is 0 Å². The third-order valence-electron chi connectivity index (χ3n) is 3.78. The number of carbonyl (C=O) groups is 1. The number of benzene rings is 1. The van der Waals surface area contributed by atoms with Crippen molar-refractivity contribution in [3.8, 4) is 0 Å². The summed E-state index contributed by atoms with van der Waals surface area (Å²) >= 11 is 5.71.